The SMILES string of the molecule is CC(OS(=O)(=O)[O-])c1ccccc1.CCC(C)(C)c1ccc(I)cc1. The lowest BCUT2D eigenvalue weighted by atomic mass is 9.82. The van der Waals surface area contributed by atoms with Crippen LogP contribution in [0.3, 0.4) is 0 Å². The quantitative estimate of drug-likeness (QED) is 0.339. The Morgan fingerprint density at radius 1 is 1.08 bits per heavy atom. The molecule has 0 heterocycles. The Hall–Kier alpha value is -0.960. The Kier molecular flexibility index (Phi) is 8.53. The van der Waals surface area contributed by atoms with E-state index in [1.54, 1.807) is 30.3 Å². The third-order valence-electron chi connectivity index (χ3n) is 4.04. The summed E-state index contributed by atoms with van der Waals surface area (Å²) in [4.78, 5) is 0. The average Bonchev–Trinajstić information content (AvgIpc) is 2.55. The van der Waals surface area contributed by atoms with Crippen LogP contribution in [0.1, 0.15) is 51.3 Å². The van der Waals surface area contributed by atoms with Crippen LogP contribution in [-0.4, -0.2) is 13.0 Å². The van der Waals surface area contributed by atoms with Gasteiger partial charge in [0.1, 0.15) is 0 Å². The molecule has 0 aliphatic carbocycles. The maximum absolute atomic E-state index is 10.2. The fraction of sp³-hybridized carbons (Fsp3) is 0.368. The van der Waals surface area contributed by atoms with Crippen LogP contribution in [0.5, 0.6) is 0 Å². The molecule has 138 valence electrons. The smallest absolute Gasteiger partial charge is 0.218 e. The number of halogens is 1. The second kappa shape index (κ2) is 9.66. The largest absolute Gasteiger partial charge is 0.726 e. The van der Waals surface area contributed by atoms with Crippen molar-refractivity contribution in [2.75, 3.05) is 0 Å². The van der Waals surface area contributed by atoms with E-state index in [4.69, 9.17) is 0 Å². The molecule has 0 saturated heterocycles. The maximum atomic E-state index is 10.2. The molecule has 0 spiro atoms. The molecule has 2 aromatic rings. The van der Waals surface area contributed by atoms with Crippen molar-refractivity contribution < 1.29 is 17.2 Å². The van der Waals surface area contributed by atoms with Crippen molar-refractivity contribution in [1.82, 2.24) is 0 Å². The fourth-order valence-corrected chi connectivity index (χ4v) is 2.89. The molecular weight excluding hydrogens is 451 g/mol. The van der Waals surface area contributed by atoms with Gasteiger partial charge in [-0.2, -0.15) is 0 Å². The van der Waals surface area contributed by atoms with Gasteiger partial charge in [-0.3, -0.25) is 4.18 Å². The summed E-state index contributed by atoms with van der Waals surface area (Å²) in [6, 6.07) is 17.5. The van der Waals surface area contributed by atoms with Crippen molar-refractivity contribution in [3.63, 3.8) is 0 Å². The summed E-state index contributed by atoms with van der Waals surface area (Å²) < 4.78 is 36.3. The first-order chi connectivity index (χ1) is 11.5. The number of rotatable bonds is 5. The first-order valence-electron chi connectivity index (χ1n) is 8.00. The molecule has 0 radical (unpaired) electrons. The zero-order chi connectivity index (χ0) is 19.1. The van der Waals surface area contributed by atoms with E-state index in [1.807, 2.05) is 0 Å². The number of benzene rings is 2. The zero-order valence-corrected chi connectivity index (χ0v) is 17.9. The highest BCUT2D eigenvalue weighted by Crippen LogP contribution is 2.26. The van der Waals surface area contributed by atoms with Crippen LogP contribution in [0.4, 0.5) is 0 Å². The highest BCUT2D eigenvalue weighted by Gasteiger charge is 2.16. The Labute approximate surface area is 164 Å². The Balaban J connectivity index is 0.000000251. The second-order valence-corrected chi connectivity index (χ2v) is 8.56. The summed E-state index contributed by atoms with van der Waals surface area (Å²) in [6.07, 6.45) is 0.455. The Morgan fingerprint density at radius 2 is 1.60 bits per heavy atom. The summed E-state index contributed by atoms with van der Waals surface area (Å²) in [7, 11) is -4.62. The molecule has 0 fully saturated rings. The normalized spacial score (nSPS) is 12.9. The van der Waals surface area contributed by atoms with Crippen molar-refractivity contribution in [2.45, 2.75) is 45.6 Å². The molecule has 0 bridgehead atoms. The van der Waals surface area contributed by atoms with Gasteiger partial charge in [0.15, 0.2) is 0 Å². The lowest BCUT2D eigenvalue weighted by molar-refractivity contribution is 0.196. The van der Waals surface area contributed by atoms with Crippen molar-refractivity contribution in [3.05, 3.63) is 69.3 Å². The summed E-state index contributed by atoms with van der Waals surface area (Å²) in [5.41, 5.74) is 2.41. The van der Waals surface area contributed by atoms with Gasteiger partial charge in [0.25, 0.3) is 0 Å². The summed E-state index contributed by atoms with van der Waals surface area (Å²) >= 11 is 2.34. The van der Waals surface area contributed by atoms with Gasteiger partial charge in [-0.15, -0.1) is 0 Å². The van der Waals surface area contributed by atoms with Crippen LogP contribution in [0.15, 0.2) is 54.6 Å². The minimum Gasteiger partial charge on any atom is -0.726 e. The third-order valence-corrected chi connectivity index (χ3v) is 5.28. The summed E-state index contributed by atoms with van der Waals surface area (Å²) in [6.45, 7) is 8.31. The molecule has 0 N–H and O–H groups in total. The van der Waals surface area contributed by atoms with E-state index in [1.165, 1.54) is 22.5 Å². The van der Waals surface area contributed by atoms with Crippen molar-refractivity contribution in [1.29, 1.82) is 0 Å². The predicted molar refractivity (Wildman–Crippen MR) is 108 cm³/mol. The lowest BCUT2D eigenvalue weighted by Gasteiger charge is -2.23. The molecule has 0 aromatic heterocycles. The van der Waals surface area contributed by atoms with E-state index in [0.717, 1.165) is 0 Å². The van der Waals surface area contributed by atoms with Crippen LogP contribution in [0.25, 0.3) is 0 Å². The first kappa shape index (κ1) is 22.1. The van der Waals surface area contributed by atoms with Gasteiger partial charge in [-0.05, 0) is 64.6 Å². The molecule has 1 unspecified atom stereocenters. The molecule has 4 nitrogen and oxygen atoms in total. The zero-order valence-electron chi connectivity index (χ0n) is 14.9. The molecule has 0 amide bonds. The van der Waals surface area contributed by atoms with Gasteiger partial charge in [0.2, 0.25) is 10.4 Å². The van der Waals surface area contributed by atoms with E-state index in [-0.39, 0.29) is 0 Å². The lowest BCUT2D eigenvalue weighted by Crippen LogP contribution is -2.14. The van der Waals surface area contributed by atoms with E-state index in [0.29, 0.717) is 11.0 Å². The standard InChI is InChI=1S/C11H15I.C8H10O4S/c1-4-11(2,3)9-5-7-10(12)8-6-9;1-7(12-13(9,10)11)8-5-3-2-4-6-8/h5-8H,4H2,1-3H3;2-7H,1H3,(H,9,10,11)/p-1. The predicted octanol–water partition coefficient (Wildman–Crippen LogP) is 5.20. The van der Waals surface area contributed by atoms with Gasteiger partial charge in [0, 0.05) is 3.57 Å². The first-order valence-corrected chi connectivity index (χ1v) is 10.4. The van der Waals surface area contributed by atoms with E-state index in [2.05, 4.69) is 71.8 Å². The van der Waals surface area contributed by atoms with Crippen LogP contribution in [0, 0.1) is 3.57 Å². The Bertz CT molecular complexity index is 741. The van der Waals surface area contributed by atoms with Crippen LogP contribution < -0.4 is 0 Å². The molecule has 0 saturated carbocycles. The number of hydrogen-bond donors (Lipinski definition) is 0. The summed E-state index contributed by atoms with van der Waals surface area (Å²) in [5, 5.41) is 0. The highest BCUT2D eigenvalue weighted by atomic mass is 127. The molecule has 2 rings (SSSR count). The van der Waals surface area contributed by atoms with Crippen LogP contribution >= 0.6 is 22.6 Å². The van der Waals surface area contributed by atoms with Crippen molar-refractivity contribution in [3.8, 4) is 0 Å². The third kappa shape index (κ3) is 8.31. The fourth-order valence-electron chi connectivity index (χ4n) is 2.06. The van der Waals surface area contributed by atoms with Crippen molar-refractivity contribution >= 4 is 33.0 Å². The molecule has 6 heteroatoms. The molecule has 0 aliphatic heterocycles. The van der Waals surface area contributed by atoms with E-state index in [9.17, 15) is 13.0 Å². The monoisotopic (exact) mass is 475 g/mol. The Morgan fingerprint density at radius 3 is 2.04 bits per heavy atom. The molecule has 0 aliphatic rings. The minimum atomic E-state index is -4.62. The van der Waals surface area contributed by atoms with Gasteiger partial charge in [-0.25, -0.2) is 8.42 Å². The van der Waals surface area contributed by atoms with E-state index >= 15 is 0 Å². The van der Waals surface area contributed by atoms with Crippen LogP contribution in [-0.2, 0) is 20.0 Å². The minimum absolute atomic E-state index is 0.324. The number of hydrogen-bond acceptors (Lipinski definition) is 4. The van der Waals surface area contributed by atoms with Crippen LogP contribution in [0.2, 0.25) is 0 Å². The average molecular weight is 475 g/mol. The molecule has 25 heavy (non-hydrogen) atoms. The van der Waals surface area contributed by atoms with Gasteiger partial charge < -0.3 is 4.55 Å². The maximum Gasteiger partial charge on any atom is 0.218 e. The van der Waals surface area contributed by atoms with Crippen molar-refractivity contribution in [2.24, 2.45) is 0 Å². The highest BCUT2D eigenvalue weighted by molar-refractivity contribution is 14.1. The van der Waals surface area contributed by atoms with Gasteiger partial charge in [0.05, 0.1) is 6.10 Å². The topological polar surface area (TPSA) is 66.4 Å². The summed E-state index contributed by atoms with van der Waals surface area (Å²) in [5.74, 6) is 0. The second-order valence-electron chi connectivity index (χ2n) is 6.30. The van der Waals surface area contributed by atoms with Gasteiger partial charge in [-0.1, -0.05) is 63.2 Å². The molecule has 2 aromatic carbocycles. The molecular formula is C19H24IO4S-. The molecule has 1 atom stereocenters. The van der Waals surface area contributed by atoms with E-state index < -0.39 is 16.5 Å². The van der Waals surface area contributed by atoms with Gasteiger partial charge >= 0.3 is 0 Å².